The van der Waals surface area contributed by atoms with Gasteiger partial charge in [-0.2, -0.15) is 0 Å². The number of carbonyl (C=O) groups is 2. The van der Waals surface area contributed by atoms with Gasteiger partial charge in [0.15, 0.2) is 0 Å². The molecule has 0 saturated heterocycles. The normalized spacial score (nSPS) is 13.8. The number of unbranched alkanes of at least 4 members (excludes halogenated alkanes) is 6. The molecule has 2 N–H and O–H groups in total. The molecule has 0 unspecified atom stereocenters. The van der Waals surface area contributed by atoms with Crippen LogP contribution in [0.4, 0.5) is 0 Å². The number of fused-ring (bicyclic) bond motifs is 1. The molecule has 4 aromatic heterocycles. The molecule has 0 aliphatic carbocycles. The molecule has 6 nitrogen and oxygen atoms in total. The minimum absolute atomic E-state index is 0.258. The lowest BCUT2D eigenvalue weighted by molar-refractivity contribution is -0.117. The molecule has 2 amide bonds. The SMILES string of the molecule is CCCCCCOc1ccc(-c2ccc(-c3ccc(C4=C5C(=O)NC(c6ccc(-c7ccc(-c8ccc(OCCCCCC)cc8)s7)s6)=C5C(=O)N4)s3)s2)cc1. The number of thiophene rings is 4. The Hall–Kier alpha value is -4.74. The lowest BCUT2D eigenvalue weighted by Crippen LogP contribution is -2.20. The number of amides is 2. The van der Waals surface area contributed by atoms with Crippen molar-refractivity contribution in [3.63, 3.8) is 0 Å². The smallest absolute Gasteiger partial charge is 0.258 e. The van der Waals surface area contributed by atoms with Crippen LogP contribution in [0.15, 0.2) is 108 Å². The molecule has 286 valence electrons. The first-order valence-electron chi connectivity index (χ1n) is 19.5. The summed E-state index contributed by atoms with van der Waals surface area (Å²) in [5.74, 6) is 1.29. The monoisotopic (exact) mass is 816 g/mol. The maximum atomic E-state index is 13.5. The fourth-order valence-electron chi connectivity index (χ4n) is 6.88. The van der Waals surface area contributed by atoms with E-state index in [1.54, 1.807) is 45.3 Å². The maximum Gasteiger partial charge on any atom is 0.258 e. The Labute approximate surface area is 344 Å². The predicted octanol–water partition coefficient (Wildman–Crippen LogP) is 12.9. The molecule has 6 aromatic rings. The minimum Gasteiger partial charge on any atom is -0.494 e. The Morgan fingerprint density at radius 3 is 1.12 bits per heavy atom. The van der Waals surface area contributed by atoms with Crippen molar-refractivity contribution in [2.24, 2.45) is 0 Å². The van der Waals surface area contributed by atoms with E-state index in [9.17, 15) is 9.59 Å². The van der Waals surface area contributed by atoms with Crippen LogP contribution < -0.4 is 20.1 Å². The maximum absolute atomic E-state index is 13.5. The van der Waals surface area contributed by atoms with Crippen molar-refractivity contribution in [2.75, 3.05) is 13.2 Å². The van der Waals surface area contributed by atoms with Crippen LogP contribution in [0, 0.1) is 0 Å². The standard InChI is InChI=1S/C46H44N2O4S4/c1-3-5-7-9-27-51-31-15-11-29(12-16-31)33-19-21-35(53-33)37-23-25-39(55-37)43-41-42(46(50)47-43)44(48-45(41)49)40-26-24-38(56-40)36-22-20-34(54-36)30-13-17-32(18-14-30)52-28-10-8-6-4-2/h11-26H,3-10,27-28H2,1-2H3,(H,47,50)(H,48,49). The molecule has 2 aliphatic rings. The molecule has 0 radical (unpaired) electrons. The van der Waals surface area contributed by atoms with Gasteiger partial charge in [0, 0.05) is 29.3 Å². The van der Waals surface area contributed by atoms with Crippen molar-refractivity contribution < 1.29 is 19.1 Å². The molecule has 56 heavy (non-hydrogen) atoms. The van der Waals surface area contributed by atoms with Crippen molar-refractivity contribution in [1.82, 2.24) is 10.6 Å². The topological polar surface area (TPSA) is 76.7 Å². The molecule has 0 spiro atoms. The summed E-state index contributed by atoms with van der Waals surface area (Å²) in [5, 5.41) is 6.07. The number of carbonyl (C=O) groups excluding carboxylic acids is 2. The lowest BCUT2D eigenvalue weighted by atomic mass is 10.1. The highest BCUT2D eigenvalue weighted by Gasteiger charge is 2.41. The second-order valence-electron chi connectivity index (χ2n) is 13.9. The van der Waals surface area contributed by atoms with E-state index in [0.717, 1.165) is 77.9 Å². The third-order valence-corrected chi connectivity index (χ3v) is 14.8. The number of hydrogen-bond donors (Lipinski definition) is 2. The number of hydrogen-bond acceptors (Lipinski definition) is 8. The first-order chi connectivity index (χ1) is 27.5. The van der Waals surface area contributed by atoms with Gasteiger partial charge in [-0.15, -0.1) is 45.3 Å². The van der Waals surface area contributed by atoms with Crippen LogP contribution in [0.3, 0.4) is 0 Å². The molecule has 0 fully saturated rings. The van der Waals surface area contributed by atoms with Gasteiger partial charge in [-0.05, 0) is 121 Å². The van der Waals surface area contributed by atoms with Crippen molar-refractivity contribution in [1.29, 1.82) is 0 Å². The Morgan fingerprint density at radius 2 is 0.750 bits per heavy atom. The van der Waals surface area contributed by atoms with Crippen molar-refractivity contribution in [3.05, 3.63) is 118 Å². The molecule has 0 atom stereocenters. The van der Waals surface area contributed by atoms with E-state index in [1.165, 1.54) is 48.3 Å². The second-order valence-corrected chi connectivity index (χ2v) is 18.3. The van der Waals surface area contributed by atoms with Crippen LogP contribution in [0.1, 0.15) is 75.0 Å². The van der Waals surface area contributed by atoms with Crippen LogP contribution >= 0.6 is 45.3 Å². The summed E-state index contributed by atoms with van der Waals surface area (Å²) in [7, 11) is 0. The first kappa shape index (κ1) is 38.1. The van der Waals surface area contributed by atoms with Gasteiger partial charge in [-0.1, -0.05) is 52.4 Å². The average Bonchev–Trinajstić information content (AvgIpc) is 4.07. The summed E-state index contributed by atoms with van der Waals surface area (Å²) in [4.78, 5) is 35.5. The van der Waals surface area contributed by atoms with Gasteiger partial charge in [0.1, 0.15) is 11.5 Å². The zero-order valence-corrected chi connectivity index (χ0v) is 34.8. The summed E-state index contributed by atoms with van der Waals surface area (Å²) in [6.45, 7) is 5.93. The zero-order chi connectivity index (χ0) is 38.4. The molecule has 10 heteroatoms. The Morgan fingerprint density at radius 1 is 0.411 bits per heavy atom. The summed E-state index contributed by atoms with van der Waals surface area (Å²) >= 11 is 6.61. The van der Waals surface area contributed by atoms with Gasteiger partial charge < -0.3 is 20.1 Å². The highest BCUT2D eigenvalue weighted by atomic mass is 32.1. The second kappa shape index (κ2) is 17.6. The van der Waals surface area contributed by atoms with Crippen molar-refractivity contribution in [2.45, 2.75) is 65.2 Å². The Kier molecular flexibility index (Phi) is 12.0. The van der Waals surface area contributed by atoms with E-state index in [0.29, 0.717) is 22.5 Å². The summed E-state index contributed by atoms with van der Waals surface area (Å²) < 4.78 is 11.9. The highest BCUT2D eigenvalue weighted by Crippen LogP contribution is 2.45. The van der Waals surface area contributed by atoms with Crippen LogP contribution in [0.25, 0.3) is 51.8 Å². The highest BCUT2D eigenvalue weighted by molar-refractivity contribution is 7.25. The molecule has 0 saturated carbocycles. The molecule has 6 heterocycles. The quantitative estimate of drug-likeness (QED) is 0.0847. The van der Waals surface area contributed by atoms with Gasteiger partial charge in [-0.25, -0.2) is 0 Å². The van der Waals surface area contributed by atoms with E-state index >= 15 is 0 Å². The van der Waals surface area contributed by atoms with E-state index in [2.05, 4.69) is 85.1 Å². The van der Waals surface area contributed by atoms with Gasteiger partial charge in [0.2, 0.25) is 0 Å². The molecular formula is C46H44N2O4S4. The number of ether oxygens (including phenoxy) is 2. The van der Waals surface area contributed by atoms with Crippen molar-refractivity contribution >= 4 is 68.6 Å². The van der Waals surface area contributed by atoms with E-state index < -0.39 is 0 Å². The van der Waals surface area contributed by atoms with Crippen LogP contribution in [0.5, 0.6) is 11.5 Å². The molecule has 8 rings (SSSR count). The molecular weight excluding hydrogens is 773 g/mol. The summed E-state index contributed by atoms with van der Waals surface area (Å²) in [5.41, 5.74) is 4.27. The number of nitrogens with one attached hydrogen (secondary N) is 2. The first-order valence-corrected chi connectivity index (χ1v) is 22.7. The van der Waals surface area contributed by atoms with E-state index in [-0.39, 0.29) is 11.8 Å². The van der Waals surface area contributed by atoms with Crippen molar-refractivity contribution in [3.8, 4) is 51.9 Å². The van der Waals surface area contributed by atoms with Crippen LogP contribution in [-0.4, -0.2) is 25.0 Å². The fourth-order valence-corrected chi connectivity index (χ4v) is 11.1. The Bertz CT molecular complexity index is 2220. The number of benzene rings is 2. The molecule has 2 aliphatic heterocycles. The minimum atomic E-state index is -0.258. The summed E-state index contributed by atoms with van der Waals surface area (Å²) in [6, 6.07) is 33.3. The Balaban J connectivity index is 0.947. The third-order valence-electron chi connectivity index (χ3n) is 9.89. The largest absolute Gasteiger partial charge is 0.494 e. The van der Waals surface area contributed by atoms with Gasteiger partial charge in [-0.3, -0.25) is 9.59 Å². The molecule has 0 bridgehead atoms. The van der Waals surface area contributed by atoms with E-state index in [1.807, 2.05) is 36.4 Å². The number of rotatable bonds is 18. The van der Waals surface area contributed by atoms with E-state index in [4.69, 9.17) is 9.47 Å². The van der Waals surface area contributed by atoms with Gasteiger partial charge in [0.05, 0.1) is 45.5 Å². The average molecular weight is 817 g/mol. The van der Waals surface area contributed by atoms with Crippen LogP contribution in [0.2, 0.25) is 0 Å². The van der Waals surface area contributed by atoms with Gasteiger partial charge >= 0.3 is 0 Å². The van der Waals surface area contributed by atoms with Gasteiger partial charge in [0.25, 0.3) is 11.8 Å². The third kappa shape index (κ3) is 8.34. The lowest BCUT2D eigenvalue weighted by Gasteiger charge is -2.06. The fraction of sp³-hybridized carbons (Fsp3) is 0.261. The predicted molar refractivity (Wildman–Crippen MR) is 236 cm³/mol. The zero-order valence-electron chi connectivity index (χ0n) is 31.6. The summed E-state index contributed by atoms with van der Waals surface area (Å²) in [6.07, 6.45) is 9.51. The van der Waals surface area contributed by atoms with Crippen LogP contribution in [-0.2, 0) is 9.59 Å². The molecule has 2 aromatic carbocycles.